The predicted octanol–water partition coefficient (Wildman–Crippen LogP) is 2.92. The number of aliphatic carboxylic acids is 1. The van der Waals surface area contributed by atoms with Crippen molar-refractivity contribution in [3.63, 3.8) is 0 Å². The molecule has 2 aromatic carbocycles. The first kappa shape index (κ1) is 17.4. The second-order valence-corrected chi connectivity index (χ2v) is 5.02. The number of carboxylic acid groups (broad SMARTS) is 1. The first-order chi connectivity index (χ1) is 11.4. The molecule has 0 saturated carbocycles. The first-order valence-corrected chi connectivity index (χ1v) is 7.02. The number of methoxy groups -OCH3 is 1. The quantitative estimate of drug-likeness (QED) is 0.851. The average molecular weight is 335 g/mol. The van der Waals surface area contributed by atoms with E-state index in [1.54, 1.807) is 24.3 Å². The normalized spacial score (nSPS) is 11.6. The molecule has 7 heteroatoms. The van der Waals surface area contributed by atoms with Gasteiger partial charge in [-0.2, -0.15) is 0 Å². The van der Waals surface area contributed by atoms with E-state index in [1.165, 1.54) is 7.11 Å². The highest BCUT2D eigenvalue weighted by Crippen LogP contribution is 2.21. The van der Waals surface area contributed by atoms with Crippen LogP contribution >= 0.6 is 0 Å². The molecule has 0 unspecified atom stereocenters. The van der Waals surface area contributed by atoms with Crippen LogP contribution in [0.5, 0.6) is 5.75 Å². The summed E-state index contributed by atoms with van der Waals surface area (Å²) in [6, 6.07) is 8.13. The zero-order valence-corrected chi connectivity index (χ0v) is 12.8. The molecule has 2 rings (SSSR count). The fourth-order valence-electron chi connectivity index (χ4n) is 2.17. The number of amides is 1. The van der Waals surface area contributed by atoms with E-state index in [4.69, 9.17) is 9.84 Å². The van der Waals surface area contributed by atoms with Gasteiger partial charge in [0.25, 0.3) is 5.91 Å². The molecule has 0 radical (unpaired) electrons. The minimum Gasteiger partial charge on any atom is -0.497 e. The largest absolute Gasteiger partial charge is 0.497 e. The van der Waals surface area contributed by atoms with Crippen LogP contribution < -0.4 is 10.1 Å². The van der Waals surface area contributed by atoms with Gasteiger partial charge in [0.2, 0.25) is 0 Å². The van der Waals surface area contributed by atoms with Gasteiger partial charge in [-0.05, 0) is 29.8 Å². The molecule has 2 aromatic rings. The van der Waals surface area contributed by atoms with Gasteiger partial charge in [-0.3, -0.25) is 9.59 Å². The lowest BCUT2D eigenvalue weighted by Crippen LogP contribution is -2.30. The summed E-state index contributed by atoms with van der Waals surface area (Å²) in [6.07, 6.45) is -0.388. The molecule has 0 aliphatic heterocycles. The fraction of sp³-hybridized carbons (Fsp3) is 0.176. The summed E-state index contributed by atoms with van der Waals surface area (Å²) >= 11 is 0. The van der Waals surface area contributed by atoms with E-state index in [0.29, 0.717) is 17.4 Å². The van der Waals surface area contributed by atoms with E-state index in [-0.39, 0.29) is 12.0 Å². The predicted molar refractivity (Wildman–Crippen MR) is 81.8 cm³/mol. The minimum atomic E-state index is -1.13. The van der Waals surface area contributed by atoms with E-state index in [0.717, 1.165) is 12.1 Å². The standard InChI is InChI=1S/C17H15F2NO4/c1-24-12-5-2-10(3-6-12)15(9-16(21)22)20-17(23)13-7-4-11(18)8-14(13)19/h2-8,15H,9H2,1H3,(H,20,23)(H,21,22)/t15-/m0/s1. The number of nitrogens with one attached hydrogen (secondary N) is 1. The van der Waals surface area contributed by atoms with Crippen LogP contribution in [0.4, 0.5) is 8.78 Å². The lowest BCUT2D eigenvalue weighted by atomic mass is 10.0. The molecule has 5 nitrogen and oxygen atoms in total. The molecule has 126 valence electrons. The summed E-state index contributed by atoms with van der Waals surface area (Å²) in [6.45, 7) is 0. The molecule has 0 fully saturated rings. The Morgan fingerprint density at radius 1 is 1.17 bits per heavy atom. The smallest absolute Gasteiger partial charge is 0.305 e. The number of carbonyl (C=O) groups is 2. The number of carbonyl (C=O) groups excluding carboxylic acids is 1. The number of rotatable bonds is 6. The first-order valence-electron chi connectivity index (χ1n) is 7.02. The Hall–Kier alpha value is -2.96. The van der Waals surface area contributed by atoms with E-state index in [9.17, 15) is 18.4 Å². The van der Waals surface area contributed by atoms with Crippen LogP contribution in [0.15, 0.2) is 42.5 Å². The van der Waals surface area contributed by atoms with Crippen LogP contribution in [0.25, 0.3) is 0 Å². The van der Waals surface area contributed by atoms with Crippen LogP contribution in [0.3, 0.4) is 0 Å². The lowest BCUT2D eigenvalue weighted by molar-refractivity contribution is -0.137. The molecule has 0 aliphatic carbocycles. The summed E-state index contributed by atoms with van der Waals surface area (Å²) in [4.78, 5) is 23.2. The van der Waals surface area contributed by atoms with Crippen molar-refractivity contribution in [1.82, 2.24) is 5.32 Å². The Morgan fingerprint density at radius 3 is 2.38 bits per heavy atom. The van der Waals surface area contributed by atoms with Gasteiger partial charge in [0.05, 0.1) is 25.1 Å². The lowest BCUT2D eigenvalue weighted by Gasteiger charge is -2.18. The Kier molecular flexibility index (Phi) is 5.47. The van der Waals surface area contributed by atoms with Crippen molar-refractivity contribution >= 4 is 11.9 Å². The third-order valence-electron chi connectivity index (χ3n) is 3.38. The third kappa shape index (κ3) is 4.28. The Balaban J connectivity index is 2.24. The molecular formula is C17H15F2NO4. The van der Waals surface area contributed by atoms with Crippen molar-refractivity contribution < 1.29 is 28.2 Å². The van der Waals surface area contributed by atoms with Gasteiger partial charge >= 0.3 is 5.97 Å². The van der Waals surface area contributed by atoms with E-state index in [2.05, 4.69) is 5.32 Å². The Labute approximate surface area is 136 Å². The van der Waals surface area contributed by atoms with Gasteiger partial charge in [0.15, 0.2) is 0 Å². The van der Waals surface area contributed by atoms with Crippen molar-refractivity contribution in [3.8, 4) is 5.75 Å². The maximum absolute atomic E-state index is 13.7. The fourth-order valence-corrected chi connectivity index (χ4v) is 2.17. The van der Waals surface area contributed by atoms with Gasteiger partial charge in [0.1, 0.15) is 17.4 Å². The molecule has 0 aliphatic rings. The highest BCUT2D eigenvalue weighted by atomic mass is 19.1. The van der Waals surface area contributed by atoms with Crippen molar-refractivity contribution in [1.29, 1.82) is 0 Å². The molecule has 0 spiro atoms. The van der Waals surface area contributed by atoms with Gasteiger partial charge < -0.3 is 15.2 Å². The molecule has 0 bridgehead atoms. The minimum absolute atomic E-state index is 0.361. The average Bonchev–Trinajstić information content (AvgIpc) is 2.53. The highest BCUT2D eigenvalue weighted by Gasteiger charge is 2.21. The summed E-state index contributed by atoms with van der Waals surface area (Å²) < 4.78 is 31.6. The van der Waals surface area contributed by atoms with Crippen LogP contribution in [-0.4, -0.2) is 24.1 Å². The molecular weight excluding hydrogens is 320 g/mol. The molecule has 0 saturated heterocycles. The van der Waals surface area contributed by atoms with Gasteiger partial charge in [-0.15, -0.1) is 0 Å². The van der Waals surface area contributed by atoms with Gasteiger partial charge in [0, 0.05) is 6.07 Å². The Bertz CT molecular complexity index is 747. The SMILES string of the molecule is COc1ccc([C@H](CC(=O)O)NC(=O)c2ccc(F)cc2F)cc1. The van der Waals surface area contributed by atoms with Crippen molar-refractivity contribution in [3.05, 3.63) is 65.2 Å². The molecule has 1 atom stereocenters. The Morgan fingerprint density at radius 2 is 1.83 bits per heavy atom. The number of halogens is 2. The third-order valence-corrected chi connectivity index (χ3v) is 3.38. The number of hydrogen-bond donors (Lipinski definition) is 2. The molecule has 0 aromatic heterocycles. The van der Waals surface area contributed by atoms with Crippen molar-refractivity contribution in [2.75, 3.05) is 7.11 Å². The number of ether oxygens (including phenoxy) is 1. The van der Waals surface area contributed by atoms with E-state index >= 15 is 0 Å². The molecule has 2 N–H and O–H groups in total. The monoisotopic (exact) mass is 335 g/mol. The number of benzene rings is 2. The van der Waals surface area contributed by atoms with Crippen molar-refractivity contribution in [2.45, 2.75) is 12.5 Å². The summed E-state index contributed by atoms with van der Waals surface area (Å²) in [5, 5.41) is 11.5. The van der Waals surface area contributed by atoms with E-state index in [1.807, 2.05) is 0 Å². The molecule has 1 amide bonds. The van der Waals surface area contributed by atoms with Crippen LogP contribution in [-0.2, 0) is 4.79 Å². The van der Waals surface area contributed by atoms with Crippen LogP contribution in [0.1, 0.15) is 28.4 Å². The van der Waals surface area contributed by atoms with Crippen LogP contribution in [0.2, 0.25) is 0 Å². The second-order valence-electron chi connectivity index (χ2n) is 5.02. The second kappa shape index (κ2) is 7.54. The maximum Gasteiger partial charge on any atom is 0.305 e. The zero-order chi connectivity index (χ0) is 17.7. The van der Waals surface area contributed by atoms with Crippen LogP contribution in [0, 0.1) is 11.6 Å². The number of carboxylic acids is 1. The topological polar surface area (TPSA) is 75.6 Å². The molecule has 24 heavy (non-hydrogen) atoms. The summed E-state index contributed by atoms with van der Waals surface area (Å²) in [7, 11) is 1.49. The number of hydrogen-bond acceptors (Lipinski definition) is 3. The maximum atomic E-state index is 13.7. The molecule has 0 heterocycles. The highest BCUT2D eigenvalue weighted by molar-refractivity contribution is 5.95. The summed E-state index contributed by atoms with van der Waals surface area (Å²) in [5.74, 6) is -3.20. The van der Waals surface area contributed by atoms with Gasteiger partial charge in [-0.25, -0.2) is 8.78 Å². The zero-order valence-electron chi connectivity index (χ0n) is 12.8. The van der Waals surface area contributed by atoms with E-state index < -0.39 is 29.6 Å². The summed E-state index contributed by atoms with van der Waals surface area (Å²) in [5.41, 5.74) is 0.161. The van der Waals surface area contributed by atoms with Crippen molar-refractivity contribution in [2.24, 2.45) is 0 Å². The van der Waals surface area contributed by atoms with Gasteiger partial charge in [-0.1, -0.05) is 12.1 Å².